The fourth-order valence-electron chi connectivity index (χ4n) is 3.43. The highest BCUT2D eigenvalue weighted by atomic mass is 16.5. The highest BCUT2D eigenvalue weighted by Gasteiger charge is 2.44. The molecule has 0 radical (unpaired) electrons. The Labute approximate surface area is 112 Å². The van der Waals surface area contributed by atoms with E-state index in [9.17, 15) is 0 Å². The Morgan fingerprint density at radius 2 is 1.83 bits per heavy atom. The lowest BCUT2D eigenvalue weighted by molar-refractivity contribution is 0.0127. The standard InChI is InChI=1S/C14H31N3O/c1-4-11-18-12-13(16-15)14(9-7-8-10-14)17(5-2)6-3/h13,16H,4-12,15H2,1-3H3. The Morgan fingerprint density at radius 1 is 1.22 bits per heavy atom. The predicted octanol–water partition coefficient (Wildman–Crippen LogP) is 1.90. The number of likely N-dealkylation sites (N-methyl/N-ethyl adjacent to an activating group) is 1. The van der Waals surface area contributed by atoms with Crippen LogP contribution < -0.4 is 11.3 Å². The van der Waals surface area contributed by atoms with Crippen LogP contribution in [0.25, 0.3) is 0 Å². The molecular formula is C14H31N3O. The largest absolute Gasteiger partial charge is 0.380 e. The monoisotopic (exact) mass is 257 g/mol. The first kappa shape index (κ1) is 15.9. The van der Waals surface area contributed by atoms with Gasteiger partial charge in [0.2, 0.25) is 0 Å². The van der Waals surface area contributed by atoms with Crippen LogP contribution in [0.5, 0.6) is 0 Å². The van der Waals surface area contributed by atoms with E-state index < -0.39 is 0 Å². The predicted molar refractivity (Wildman–Crippen MR) is 76.3 cm³/mol. The fourth-order valence-corrected chi connectivity index (χ4v) is 3.43. The first-order valence-electron chi connectivity index (χ1n) is 7.54. The number of hydrazine groups is 1. The van der Waals surface area contributed by atoms with Crippen molar-refractivity contribution in [2.45, 2.75) is 64.5 Å². The minimum Gasteiger partial charge on any atom is -0.380 e. The first-order chi connectivity index (χ1) is 8.75. The lowest BCUT2D eigenvalue weighted by Crippen LogP contribution is -2.63. The van der Waals surface area contributed by atoms with Crippen molar-refractivity contribution in [2.24, 2.45) is 5.84 Å². The summed E-state index contributed by atoms with van der Waals surface area (Å²) in [4.78, 5) is 2.57. The highest BCUT2D eigenvalue weighted by molar-refractivity contribution is 5.02. The van der Waals surface area contributed by atoms with Crippen LogP contribution in [-0.4, -0.2) is 42.8 Å². The van der Waals surface area contributed by atoms with Crippen LogP contribution in [0.2, 0.25) is 0 Å². The Bertz CT molecular complexity index is 213. The molecule has 4 nitrogen and oxygen atoms in total. The average Bonchev–Trinajstić information content (AvgIpc) is 2.86. The number of nitrogens with one attached hydrogen (secondary N) is 1. The molecule has 108 valence electrons. The quantitative estimate of drug-likeness (QED) is 0.376. The summed E-state index contributed by atoms with van der Waals surface area (Å²) in [5, 5.41) is 0. The van der Waals surface area contributed by atoms with Crippen molar-refractivity contribution in [3.63, 3.8) is 0 Å². The van der Waals surface area contributed by atoms with Gasteiger partial charge in [-0.1, -0.05) is 33.6 Å². The van der Waals surface area contributed by atoms with E-state index in [1.54, 1.807) is 0 Å². The minimum absolute atomic E-state index is 0.200. The molecule has 0 aliphatic heterocycles. The summed E-state index contributed by atoms with van der Waals surface area (Å²) in [6.07, 6.45) is 6.15. The Morgan fingerprint density at radius 3 is 2.28 bits per heavy atom. The molecule has 3 N–H and O–H groups in total. The van der Waals surface area contributed by atoms with E-state index >= 15 is 0 Å². The zero-order valence-electron chi connectivity index (χ0n) is 12.4. The van der Waals surface area contributed by atoms with Crippen LogP contribution in [0, 0.1) is 0 Å². The van der Waals surface area contributed by atoms with E-state index in [1.165, 1.54) is 25.7 Å². The van der Waals surface area contributed by atoms with Gasteiger partial charge in [-0.2, -0.15) is 0 Å². The van der Waals surface area contributed by atoms with Gasteiger partial charge >= 0.3 is 0 Å². The number of ether oxygens (including phenoxy) is 1. The van der Waals surface area contributed by atoms with Crippen molar-refractivity contribution in [1.29, 1.82) is 0 Å². The van der Waals surface area contributed by atoms with Crippen molar-refractivity contribution < 1.29 is 4.74 Å². The van der Waals surface area contributed by atoms with Crippen molar-refractivity contribution in [2.75, 3.05) is 26.3 Å². The summed E-state index contributed by atoms with van der Waals surface area (Å²) in [5.74, 6) is 5.81. The lowest BCUT2D eigenvalue weighted by atomic mass is 9.86. The van der Waals surface area contributed by atoms with E-state index in [4.69, 9.17) is 10.6 Å². The van der Waals surface area contributed by atoms with E-state index in [0.29, 0.717) is 0 Å². The maximum atomic E-state index is 5.81. The molecule has 0 amide bonds. The van der Waals surface area contributed by atoms with E-state index in [0.717, 1.165) is 32.7 Å². The number of hydrogen-bond donors (Lipinski definition) is 2. The average molecular weight is 257 g/mol. The molecule has 0 aromatic rings. The van der Waals surface area contributed by atoms with Gasteiger partial charge in [-0.05, 0) is 32.4 Å². The second kappa shape index (κ2) is 8.10. The van der Waals surface area contributed by atoms with Gasteiger partial charge in [-0.25, -0.2) is 0 Å². The Balaban J connectivity index is 2.73. The number of nitrogens with zero attached hydrogens (tertiary/aromatic N) is 1. The fraction of sp³-hybridized carbons (Fsp3) is 1.00. The lowest BCUT2D eigenvalue weighted by Gasteiger charge is -2.45. The summed E-state index contributed by atoms with van der Waals surface area (Å²) in [6.45, 7) is 10.3. The van der Waals surface area contributed by atoms with Gasteiger partial charge < -0.3 is 4.74 Å². The van der Waals surface area contributed by atoms with Gasteiger partial charge in [0, 0.05) is 12.1 Å². The highest BCUT2D eigenvalue weighted by Crippen LogP contribution is 2.38. The zero-order chi connectivity index (χ0) is 13.4. The summed E-state index contributed by atoms with van der Waals surface area (Å²) >= 11 is 0. The molecule has 1 aliphatic carbocycles. The molecule has 1 rings (SSSR count). The van der Waals surface area contributed by atoms with Crippen LogP contribution in [0.15, 0.2) is 0 Å². The summed E-state index contributed by atoms with van der Waals surface area (Å²) < 4.78 is 5.74. The second-order valence-electron chi connectivity index (χ2n) is 5.28. The molecular weight excluding hydrogens is 226 g/mol. The number of rotatable bonds is 9. The first-order valence-corrected chi connectivity index (χ1v) is 7.54. The van der Waals surface area contributed by atoms with E-state index in [2.05, 4.69) is 31.1 Å². The van der Waals surface area contributed by atoms with Crippen molar-refractivity contribution in [3.8, 4) is 0 Å². The van der Waals surface area contributed by atoms with Crippen LogP contribution in [0.4, 0.5) is 0 Å². The topological polar surface area (TPSA) is 50.5 Å². The van der Waals surface area contributed by atoms with Crippen LogP contribution >= 0.6 is 0 Å². The third-order valence-corrected chi connectivity index (χ3v) is 4.35. The Kier molecular flexibility index (Phi) is 7.15. The molecule has 1 unspecified atom stereocenters. The van der Waals surface area contributed by atoms with Gasteiger partial charge in [0.05, 0.1) is 12.6 Å². The molecule has 4 heteroatoms. The summed E-state index contributed by atoms with van der Waals surface area (Å²) in [6, 6.07) is 0.242. The van der Waals surface area contributed by atoms with Crippen molar-refractivity contribution in [1.82, 2.24) is 10.3 Å². The molecule has 0 spiro atoms. The minimum atomic E-state index is 0.200. The third kappa shape index (κ3) is 3.44. The molecule has 0 aromatic carbocycles. The molecule has 1 fully saturated rings. The molecule has 1 aliphatic rings. The van der Waals surface area contributed by atoms with Crippen LogP contribution in [0.1, 0.15) is 52.9 Å². The van der Waals surface area contributed by atoms with Crippen LogP contribution in [-0.2, 0) is 4.74 Å². The molecule has 1 saturated carbocycles. The zero-order valence-corrected chi connectivity index (χ0v) is 12.4. The van der Waals surface area contributed by atoms with E-state index in [-0.39, 0.29) is 11.6 Å². The summed E-state index contributed by atoms with van der Waals surface area (Å²) in [7, 11) is 0. The maximum Gasteiger partial charge on any atom is 0.0651 e. The SMILES string of the molecule is CCCOCC(NN)C1(N(CC)CC)CCCC1. The van der Waals surface area contributed by atoms with Crippen LogP contribution in [0.3, 0.4) is 0 Å². The van der Waals surface area contributed by atoms with Gasteiger partial charge in [0.25, 0.3) is 0 Å². The molecule has 0 bridgehead atoms. The van der Waals surface area contributed by atoms with Gasteiger partial charge in [0.15, 0.2) is 0 Å². The molecule has 0 heterocycles. The maximum absolute atomic E-state index is 5.81. The van der Waals surface area contributed by atoms with Crippen molar-refractivity contribution >= 4 is 0 Å². The Hall–Kier alpha value is -0.160. The van der Waals surface area contributed by atoms with E-state index in [1.807, 2.05) is 0 Å². The molecule has 0 saturated heterocycles. The normalized spacial score (nSPS) is 20.5. The van der Waals surface area contributed by atoms with Crippen molar-refractivity contribution in [3.05, 3.63) is 0 Å². The molecule has 18 heavy (non-hydrogen) atoms. The molecule has 0 aromatic heterocycles. The molecule has 1 atom stereocenters. The van der Waals surface area contributed by atoms with Gasteiger partial charge in [-0.15, -0.1) is 0 Å². The smallest absolute Gasteiger partial charge is 0.0651 e. The number of hydrogen-bond acceptors (Lipinski definition) is 4. The van der Waals surface area contributed by atoms with Gasteiger partial charge in [-0.3, -0.25) is 16.2 Å². The second-order valence-corrected chi connectivity index (χ2v) is 5.28. The summed E-state index contributed by atoms with van der Waals surface area (Å²) in [5.41, 5.74) is 3.23. The third-order valence-electron chi connectivity index (χ3n) is 4.35. The van der Waals surface area contributed by atoms with Gasteiger partial charge in [0.1, 0.15) is 0 Å². The number of nitrogens with two attached hydrogens (primary N) is 1.